The van der Waals surface area contributed by atoms with Crippen LogP contribution in [0.5, 0.6) is 0 Å². The van der Waals surface area contributed by atoms with E-state index in [4.69, 9.17) is 11.6 Å². The molecule has 0 radical (unpaired) electrons. The molecule has 5 nitrogen and oxygen atoms in total. The van der Waals surface area contributed by atoms with Gasteiger partial charge in [-0.1, -0.05) is 23.7 Å². The van der Waals surface area contributed by atoms with E-state index in [1.165, 1.54) is 24.3 Å². The van der Waals surface area contributed by atoms with Crippen molar-refractivity contribution in [1.82, 2.24) is 10.0 Å². The topological polar surface area (TPSA) is 75.3 Å². The first-order chi connectivity index (χ1) is 12.0. The first-order valence-electron chi connectivity index (χ1n) is 8.18. The number of carbonyl (C=O) groups is 1. The largest absolute Gasteiger partial charge is 0.346 e. The molecule has 2 rings (SSSR count). The lowest BCUT2D eigenvalue weighted by atomic mass is 10.1. The molecule has 0 bridgehead atoms. The standard InChI is InChI=1S/C19H23ClN2O3S/c1-13(14-5-9-16(20)10-6-14)21-18(23)15-7-11-17(12-8-15)26(24,25)22-19(2,3)4/h5-13,22H,1-4H3,(H,21,23). The predicted octanol–water partition coefficient (Wildman–Crippen LogP) is 3.91. The van der Waals surface area contributed by atoms with Crippen LogP contribution in [0.1, 0.15) is 49.7 Å². The van der Waals surface area contributed by atoms with Crippen LogP contribution < -0.4 is 10.0 Å². The second kappa shape index (κ2) is 7.78. The molecule has 2 aromatic rings. The summed E-state index contributed by atoms with van der Waals surface area (Å²) in [5.74, 6) is -0.278. The highest BCUT2D eigenvalue weighted by atomic mass is 35.5. The number of amides is 1. The maximum Gasteiger partial charge on any atom is 0.251 e. The molecule has 0 saturated heterocycles. The Bertz CT molecular complexity index is 870. The zero-order chi connectivity index (χ0) is 19.5. The molecule has 1 amide bonds. The average molecular weight is 395 g/mol. The lowest BCUT2D eigenvalue weighted by molar-refractivity contribution is 0.0939. The smallest absolute Gasteiger partial charge is 0.251 e. The van der Waals surface area contributed by atoms with Crippen molar-refractivity contribution in [1.29, 1.82) is 0 Å². The Balaban J connectivity index is 2.10. The molecule has 2 aromatic carbocycles. The molecule has 1 atom stereocenters. The Morgan fingerprint density at radius 2 is 1.54 bits per heavy atom. The van der Waals surface area contributed by atoms with E-state index in [0.717, 1.165) is 5.56 Å². The van der Waals surface area contributed by atoms with Crippen molar-refractivity contribution in [2.75, 3.05) is 0 Å². The number of halogens is 1. The molecule has 2 N–H and O–H groups in total. The van der Waals surface area contributed by atoms with Gasteiger partial charge in [-0.05, 0) is 69.7 Å². The minimum absolute atomic E-state index is 0.120. The molecule has 0 aliphatic heterocycles. The van der Waals surface area contributed by atoms with Gasteiger partial charge in [0.2, 0.25) is 10.0 Å². The van der Waals surface area contributed by atoms with Crippen molar-refractivity contribution in [2.24, 2.45) is 0 Å². The van der Waals surface area contributed by atoms with E-state index in [1.54, 1.807) is 32.9 Å². The van der Waals surface area contributed by atoms with Gasteiger partial charge in [0.1, 0.15) is 0 Å². The van der Waals surface area contributed by atoms with E-state index in [1.807, 2.05) is 19.1 Å². The number of hydrogen-bond acceptors (Lipinski definition) is 3. The van der Waals surface area contributed by atoms with Crippen LogP contribution in [0.25, 0.3) is 0 Å². The minimum atomic E-state index is -3.62. The monoisotopic (exact) mass is 394 g/mol. The summed E-state index contributed by atoms with van der Waals surface area (Å²) in [6.07, 6.45) is 0. The van der Waals surface area contributed by atoms with Gasteiger partial charge in [0.05, 0.1) is 10.9 Å². The van der Waals surface area contributed by atoms with Gasteiger partial charge in [0.15, 0.2) is 0 Å². The summed E-state index contributed by atoms with van der Waals surface area (Å²) in [6.45, 7) is 7.17. The highest BCUT2D eigenvalue weighted by molar-refractivity contribution is 7.89. The van der Waals surface area contributed by atoms with Crippen LogP contribution in [0.3, 0.4) is 0 Å². The Morgan fingerprint density at radius 3 is 2.04 bits per heavy atom. The molecule has 0 spiro atoms. The molecular formula is C19H23ClN2O3S. The number of hydrogen-bond donors (Lipinski definition) is 2. The normalized spacial score (nSPS) is 13.3. The number of rotatable bonds is 5. The number of carbonyl (C=O) groups excluding carboxylic acids is 1. The Hall–Kier alpha value is -1.89. The van der Waals surface area contributed by atoms with Gasteiger partial charge >= 0.3 is 0 Å². The van der Waals surface area contributed by atoms with Gasteiger partial charge in [-0.15, -0.1) is 0 Å². The highest BCUT2D eigenvalue weighted by Crippen LogP contribution is 2.18. The zero-order valence-corrected chi connectivity index (χ0v) is 16.8. The Morgan fingerprint density at radius 1 is 1.00 bits per heavy atom. The number of benzene rings is 2. The van der Waals surface area contributed by atoms with Gasteiger partial charge in [-0.25, -0.2) is 13.1 Å². The molecule has 0 aliphatic carbocycles. The first kappa shape index (κ1) is 20.4. The van der Waals surface area contributed by atoms with Crippen LogP contribution in [0, 0.1) is 0 Å². The first-order valence-corrected chi connectivity index (χ1v) is 10.0. The molecular weight excluding hydrogens is 372 g/mol. The molecule has 7 heteroatoms. The van der Waals surface area contributed by atoms with E-state index >= 15 is 0 Å². The van der Waals surface area contributed by atoms with E-state index in [2.05, 4.69) is 10.0 Å². The van der Waals surface area contributed by atoms with Crippen molar-refractivity contribution < 1.29 is 13.2 Å². The fourth-order valence-electron chi connectivity index (χ4n) is 2.36. The van der Waals surface area contributed by atoms with Crippen LogP contribution in [0.4, 0.5) is 0 Å². The summed E-state index contributed by atoms with van der Waals surface area (Å²) in [4.78, 5) is 12.5. The lowest BCUT2D eigenvalue weighted by Crippen LogP contribution is -2.40. The van der Waals surface area contributed by atoms with Gasteiger partial charge < -0.3 is 5.32 Å². The van der Waals surface area contributed by atoms with Crippen LogP contribution >= 0.6 is 11.6 Å². The Labute approximate surface area is 159 Å². The lowest BCUT2D eigenvalue weighted by Gasteiger charge is -2.20. The average Bonchev–Trinajstić information content (AvgIpc) is 2.53. The van der Waals surface area contributed by atoms with Crippen molar-refractivity contribution in [3.8, 4) is 0 Å². The number of nitrogens with one attached hydrogen (secondary N) is 2. The third-order valence-electron chi connectivity index (χ3n) is 3.58. The van der Waals surface area contributed by atoms with E-state index < -0.39 is 15.6 Å². The number of sulfonamides is 1. The summed E-state index contributed by atoms with van der Waals surface area (Å²) in [5.41, 5.74) is 0.736. The van der Waals surface area contributed by atoms with E-state index in [0.29, 0.717) is 10.6 Å². The maximum absolute atomic E-state index is 12.4. The van der Waals surface area contributed by atoms with Crippen LogP contribution in [-0.2, 0) is 10.0 Å². The fourth-order valence-corrected chi connectivity index (χ4v) is 3.91. The van der Waals surface area contributed by atoms with Crippen LogP contribution in [0.2, 0.25) is 5.02 Å². The van der Waals surface area contributed by atoms with E-state index in [-0.39, 0.29) is 16.8 Å². The molecule has 1 unspecified atom stereocenters. The van der Waals surface area contributed by atoms with Crippen LogP contribution in [0.15, 0.2) is 53.4 Å². The van der Waals surface area contributed by atoms with Gasteiger partial charge in [0, 0.05) is 16.1 Å². The minimum Gasteiger partial charge on any atom is -0.346 e. The zero-order valence-electron chi connectivity index (χ0n) is 15.2. The highest BCUT2D eigenvalue weighted by Gasteiger charge is 2.22. The summed E-state index contributed by atoms with van der Waals surface area (Å²) in [6, 6.07) is 12.9. The van der Waals surface area contributed by atoms with E-state index in [9.17, 15) is 13.2 Å². The molecule has 0 fully saturated rings. The third-order valence-corrected chi connectivity index (χ3v) is 5.61. The quantitative estimate of drug-likeness (QED) is 0.807. The maximum atomic E-state index is 12.4. The Kier molecular flexibility index (Phi) is 6.11. The second-order valence-corrected chi connectivity index (χ2v) is 9.25. The SMILES string of the molecule is CC(NC(=O)c1ccc(S(=O)(=O)NC(C)(C)C)cc1)c1ccc(Cl)cc1. The molecule has 26 heavy (non-hydrogen) atoms. The summed E-state index contributed by atoms with van der Waals surface area (Å²) in [7, 11) is -3.62. The van der Waals surface area contributed by atoms with Crippen molar-refractivity contribution in [2.45, 2.75) is 44.2 Å². The van der Waals surface area contributed by atoms with Crippen LogP contribution in [-0.4, -0.2) is 19.9 Å². The van der Waals surface area contributed by atoms with Crippen molar-refractivity contribution >= 4 is 27.5 Å². The van der Waals surface area contributed by atoms with Gasteiger partial charge in [-0.3, -0.25) is 4.79 Å². The molecule has 0 aliphatic rings. The third kappa shape index (κ3) is 5.56. The summed E-state index contributed by atoms with van der Waals surface area (Å²) < 4.78 is 27.2. The molecule has 0 heterocycles. The fraction of sp³-hybridized carbons (Fsp3) is 0.316. The second-order valence-electron chi connectivity index (χ2n) is 7.13. The molecule has 0 saturated carbocycles. The van der Waals surface area contributed by atoms with Crippen molar-refractivity contribution in [3.63, 3.8) is 0 Å². The molecule has 140 valence electrons. The summed E-state index contributed by atoms with van der Waals surface area (Å²) >= 11 is 5.87. The van der Waals surface area contributed by atoms with Gasteiger partial charge in [0.25, 0.3) is 5.91 Å². The molecule has 0 aromatic heterocycles. The van der Waals surface area contributed by atoms with Gasteiger partial charge in [-0.2, -0.15) is 0 Å². The summed E-state index contributed by atoms with van der Waals surface area (Å²) in [5, 5.41) is 3.51. The predicted molar refractivity (Wildman–Crippen MR) is 104 cm³/mol. The van der Waals surface area contributed by atoms with Crippen molar-refractivity contribution in [3.05, 3.63) is 64.7 Å².